The van der Waals surface area contributed by atoms with E-state index in [9.17, 15) is 13.6 Å². The highest BCUT2D eigenvalue weighted by Gasteiger charge is 2.27. The number of fused-ring (bicyclic) bond motifs is 1. The molecule has 4 rings (SSSR count). The molecule has 156 valence electrons. The van der Waals surface area contributed by atoms with Crippen LogP contribution in [0.4, 0.5) is 8.78 Å². The van der Waals surface area contributed by atoms with E-state index in [1.165, 1.54) is 18.2 Å². The van der Waals surface area contributed by atoms with Crippen molar-refractivity contribution in [2.24, 2.45) is 0 Å². The third-order valence-electron chi connectivity index (χ3n) is 5.26. The molecule has 0 saturated heterocycles. The van der Waals surface area contributed by atoms with Crippen molar-refractivity contribution in [1.82, 2.24) is 15.1 Å². The SMILES string of the molecule is Cc1cc(C)n(CC(=O)NCC2Cc3cc(F)cc(-c4ccc(F)c(C)c4)c3O2)n1. The quantitative estimate of drug-likeness (QED) is 0.693. The van der Waals surface area contributed by atoms with Crippen LogP contribution in [-0.2, 0) is 17.8 Å². The summed E-state index contributed by atoms with van der Waals surface area (Å²) in [5.41, 5.74) is 4.28. The topological polar surface area (TPSA) is 56.2 Å². The lowest BCUT2D eigenvalue weighted by molar-refractivity contribution is -0.122. The molecule has 30 heavy (non-hydrogen) atoms. The Morgan fingerprint density at radius 1 is 1.20 bits per heavy atom. The van der Waals surface area contributed by atoms with Crippen LogP contribution in [0.2, 0.25) is 0 Å². The van der Waals surface area contributed by atoms with Crippen molar-refractivity contribution < 1.29 is 18.3 Å². The predicted molar refractivity (Wildman–Crippen MR) is 109 cm³/mol. The van der Waals surface area contributed by atoms with Gasteiger partial charge in [0.25, 0.3) is 0 Å². The molecule has 7 heteroatoms. The predicted octanol–water partition coefficient (Wildman–Crippen LogP) is 3.87. The van der Waals surface area contributed by atoms with Crippen LogP contribution in [0.1, 0.15) is 22.5 Å². The fourth-order valence-corrected chi connectivity index (χ4v) is 3.79. The molecule has 0 spiro atoms. The van der Waals surface area contributed by atoms with E-state index in [0.29, 0.717) is 35.4 Å². The number of ether oxygens (including phenoxy) is 1. The molecule has 5 nitrogen and oxygen atoms in total. The number of halogens is 2. The Labute approximate surface area is 173 Å². The number of amides is 1. The summed E-state index contributed by atoms with van der Waals surface area (Å²) in [7, 11) is 0. The minimum absolute atomic E-state index is 0.133. The Morgan fingerprint density at radius 2 is 2.00 bits per heavy atom. The van der Waals surface area contributed by atoms with E-state index in [1.54, 1.807) is 23.7 Å². The van der Waals surface area contributed by atoms with Crippen LogP contribution in [0.25, 0.3) is 11.1 Å². The second kappa shape index (κ2) is 7.89. The number of aromatic nitrogens is 2. The van der Waals surface area contributed by atoms with Crippen LogP contribution in [0.15, 0.2) is 36.4 Å². The normalized spacial score (nSPS) is 15.0. The molecular weight excluding hydrogens is 388 g/mol. The maximum absolute atomic E-state index is 14.2. The van der Waals surface area contributed by atoms with Gasteiger partial charge in [-0.3, -0.25) is 9.48 Å². The van der Waals surface area contributed by atoms with Gasteiger partial charge in [0.05, 0.1) is 12.2 Å². The standard InChI is InChI=1S/C23H23F2N3O2/c1-13-6-16(4-5-21(13)25)20-10-18(24)8-17-9-19(30-23(17)20)11-26-22(29)12-28-15(3)7-14(2)27-28/h4-8,10,19H,9,11-12H2,1-3H3,(H,26,29). The van der Waals surface area contributed by atoms with E-state index in [1.807, 2.05) is 19.9 Å². The lowest BCUT2D eigenvalue weighted by atomic mass is 9.99. The van der Waals surface area contributed by atoms with Crippen LogP contribution < -0.4 is 10.1 Å². The Bertz CT molecular complexity index is 1120. The number of nitrogens with zero attached hydrogens (tertiary/aromatic N) is 2. The largest absolute Gasteiger partial charge is 0.487 e. The zero-order chi connectivity index (χ0) is 21.4. The number of benzene rings is 2. The molecule has 1 aliphatic rings. The minimum atomic E-state index is -0.372. The lowest BCUT2D eigenvalue weighted by Gasteiger charge is -2.14. The molecule has 1 atom stereocenters. The monoisotopic (exact) mass is 411 g/mol. The Hall–Kier alpha value is -3.22. The fourth-order valence-electron chi connectivity index (χ4n) is 3.79. The molecule has 1 aliphatic heterocycles. The average Bonchev–Trinajstić information content (AvgIpc) is 3.23. The number of carbonyl (C=O) groups is 1. The summed E-state index contributed by atoms with van der Waals surface area (Å²) < 4.78 is 35.5. The summed E-state index contributed by atoms with van der Waals surface area (Å²) in [6.45, 7) is 5.88. The van der Waals surface area contributed by atoms with E-state index in [0.717, 1.165) is 17.0 Å². The smallest absolute Gasteiger partial charge is 0.241 e. The summed E-state index contributed by atoms with van der Waals surface area (Å²) in [6.07, 6.45) is 0.187. The van der Waals surface area contributed by atoms with Gasteiger partial charge < -0.3 is 10.1 Å². The zero-order valence-corrected chi connectivity index (χ0v) is 17.1. The molecule has 0 radical (unpaired) electrons. The van der Waals surface area contributed by atoms with Crippen molar-refractivity contribution in [3.05, 3.63) is 70.5 Å². The van der Waals surface area contributed by atoms with Crippen LogP contribution in [-0.4, -0.2) is 28.3 Å². The molecule has 2 aromatic carbocycles. The van der Waals surface area contributed by atoms with E-state index in [-0.39, 0.29) is 30.2 Å². The third-order valence-corrected chi connectivity index (χ3v) is 5.26. The second-order valence-electron chi connectivity index (χ2n) is 7.74. The van der Waals surface area contributed by atoms with Crippen LogP contribution in [0.5, 0.6) is 5.75 Å². The van der Waals surface area contributed by atoms with Crippen molar-refractivity contribution in [3.8, 4) is 16.9 Å². The lowest BCUT2D eigenvalue weighted by Crippen LogP contribution is -2.36. The highest BCUT2D eigenvalue weighted by atomic mass is 19.1. The maximum atomic E-state index is 14.2. The highest BCUT2D eigenvalue weighted by molar-refractivity contribution is 5.76. The highest BCUT2D eigenvalue weighted by Crippen LogP contribution is 2.40. The van der Waals surface area contributed by atoms with Gasteiger partial charge >= 0.3 is 0 Å². The van der Waals surface area contributed by atoms with E-state index < -0.39 is 0 Å². The van der Waals surface area contributed by atoms with Crippen molar-refractivity contribution in [1.29, 1.82) is 0 Å². The van der Waals surface area contributed by atoms with Gasteiger partial charge in [0, 0.05) is 23.2 Å². The van der Waals surface area contributed by atoms with Crippen LogP contribution in [0, 0.1) is 32.4 Å². The Kier molecular flexibility index (Phi) is 5.28. The number of nitrogens with one attached hydrogen (secondary N) is 1. The van der Waals surface area contributed by atoms with E-state index in [4.69, 9.17) is 4.74 Å². The van der Waals surface area contributed by atoms with Crippen molar-refractivity contribution in [2.45, 2.75) is 39.8 Å². The van der Waals surface area contributed by atoms with E-state index in [2.05, 4.69) is 10.4 Å². The molecule has 0 bridgehead atoms. The number of hydrogen-bond donors (Lipinski definition) is 1. The number of rotatable bonds is 5. The first-order valence-corrected chi connectivity index (χ1v) is 9.83. The summed E-state index contributed by atoms with van der Waals surface area (Å²) in [6, 6.07) is 9.43. The van der Waals surface area contributed by atoms with Gasteiger partial charge in [-0.1, -0.05) is 6.07 Å². The molecule has 1 amide bonds. The molecule has 2 heterocycles. The third kappa shape index (κ3) is 4.06. The molecule has 1 aromatic heterocycles. The minimum Gasteiger partial charge on any atom is -0.487 e. The van der Waals surface area contributed by atoms with Crippen molar-refractivity contribution in [2.75, 3.05) is 6.54 Å². The van der Waals surface area contributed by atoms with Gasteiger partial charge in [-0.25, -0.2) is 8.78 Å². The van der Waals surface area contributed by atoms with Crippen molar-refractivity contribution >= 4 is 5.91 Å². The van der Waals surface area contributed by atoms with Gasteiger partial charge in [-0.05, 0) is 62.2 Å². The molecule has 0 saturated carbocycles. The Morgan fingerprint density at radius 3 is 2.70 bits per heavy atom. The molecule has 0 fully saturated rings. The van der Waals surface area contributed by atoms with Gasteiger partial charge in [-0.15, -0.1) is 0 Å². The zero-order valence-electron chi connectivity index (χ0n) is 17.1. The molecule has 1 unspecified atom stereocenters. The first-order chi connectivity index (χ1) is 14.3. The van der Waals surface area contributed by atoms with Gasteiger partial charge in [0.1, 0.15) is 30.0 Å². The van der Waals surface area contributed by atoms with Gasteiger partial charge in [-0.2, -0.15) is 5.10 Å². The average molecular weight is 411 g/mol. The first-order valence-electron chi connectivity index (χ1n) is 9.83. The Balaban J connectivity index is 1.46. The summed E-state index contributed by atoms with van der Waals surface area (Å²) in [4.78, 5) is 12.3. The summed E-state index contributed by atoms with van der Waals surface area (Å²) in [5, 5.41) is 7.15. The van der Waals surface area contributed by atoms with Gasteiger partial charge in [0.15, 0.2) is 0 Å². The molecule has 0 aliphatic carbocycles. The van der Waals surface area contributed by atoms with E-state index >= 15 is 0 Å². The number of aryl methyl sites for hydroxylation is 3. The number of hydrogen-bond acceptors (Lipinski definition) is 3. The first kappa shape index (κ1) is 20.1. The maximum Gasteiger partial charge on any atom is 0.241 e. The molecule has 1 N–H and O–H groups in total. The second-order valence-corrected chi connectivity index (χ2v) is 7.74. The molecular formula is C23H23F2N3O2. The summed E-state index contributed by atoms with van der Waals surface area (Å²) in [5.74, 6) is -0.263. The van der Waals surface area contributed by atoms with Crippen LogP contribution in [0.3, 0.4) is 0 Å². The summed E-state index contributed by atoms with van der Waals surface area (Å²) >= 11 is 0. The number of carbonyl (C=O) groups excluding carboxylic acids is 1. The van der Waals surface area contributed by atoms with Crippen LogP contribution >= 0.6 is 0 Å². The fraction of sp³-hybridized carbons (Fsp3) is 0.304. The van der Waals surface area contributed by atoms with Gasteiger partial charge in [0.2, 0.25) is 5.91 Å². The molecule has 3 aromatic rings. The van der Waals surface area contributed by atoms with Crippen molar-refractivity contribution in [3.63, 3.8) is 0 Å².